The minimum atomic E-state index is -0.233. The van der Waals surface area contributed by atoms with Gasteiger partial charge in [0.2, 0.25) is 0 Å². The number of carbonyl (C=O) groups is 1. The molecule has 0 aliphatic carbocycles. The van der Waals surface area contributed by atoms with E-state index in [4.69, 9.17) is 0 Å². The molecular weight excluding hydrogens is 541 g/mol. The van der Waals surface area contributed by atoms with E-state index in [9.17, 15) is 4.79 Å². The first-order valence-electron chi connectivity index (χ1n) is 13.3. The molecule has 5 aromatic rings. The number of nitrogens with zero attached hydrogens (tertiary/aromatic N) is 6. The molecule has 9 nitrogen and oxygen atoms in total. The van der Waals surface area contributed by atoms with Crippen LogP contribution in [0.25, 0.3) is 15.9 Å². The predicted octanol–water partition coefficient (Wildman–Crippen LogP) is 6.96. The van der Waals surface area contributed by atoms with Crippen molar-refractivity contribution in [3.8, 4) is 0 Å². The largest absolute Gasteiger partial charge is 0.324 e. The molecular formula is C29H36N8OS2. The molecule has 2 N–H and O–H groups in total. The van der Waals surface area contributed by atoms with Crippen molar-refractivity contribution in [1.82, 2.24) is 29.0 Å². The zero-order valence-electron chi connectivity index (χ0n) is 23.4. The molecule has 1 aromatic carbocycles. The van der Waals surface area contributed by atoms with Gasteiger partial charge in [-0.1, -0.05) is 43.7 Å². The van der Waals surface area contributed by atoms with Crippen molar-refractivity contribution >= 4 is 55.9 Å². The normalized spacial score (nSPS) is 12.9. The summed E-state index contributed by atoms with van der Waals surface area (Å²) in [6.07, 6.45) is 7.99. The van der Waals surface area contributed by atoms with Gasteiger partial charge in [-0.15, -0.1) is 6.58 Å². The molecule has 210 valence electrons. The number of anilines is 2. The minimum absolute atomic E-state index is 0.233. The number of hydrogen-bond acceptors (Lipinski definition) is 8. The van der Waals surface area contributed by atoms with Crippen LogP contribution in [-0.2, 0) is 13.1 Å². The molecule has 1 amide bonds. The van der Waals surface area contributed by atoms with Crippen molar-refractivity contribution < 1.29 is 4.79 Å². The topological polar surface area (TPSA) is 92.4 Å². The quantitative estimate of drug-likeness (QED) is 0.173. The Labute approximate surface area is 243 Å². The zero-order chi connectivity index (χ0) is 28.5. The number of rotatable bonds is 5. The fraction of sp³-hybridized carbons (Fsp3) is 0.310. The van der Waals surface area contributed by atoms with Crippen LogP contribution in [0, 0.1) is 0 Å². The number of imidazole rings is 1. The highest BCUT2D eigenvalue weighted by Crippen LogP contribution is 2.30. The zero-order valence-corrected chi connectivity index (χ0v) is 25.1. The lowest BCUT2D eigenvalue weighted by Gasteiger charge is -2.10. The lowest BCUT2D eigenvalue weighted by molar-refractivity contribution is 0.102. The van der Waals surface area contributed by atoms with Gasteiger partial charge in [0.05, 0.1) is 15.9 Å². The molecule has 0 fully saturated rings. The molecule has 0 saturated heterocycles. The average Bonchev–Trinajstić information content (AvgIpc) is 3.62. The molecule has 0 radical (unpaired) electrons. The summed E-state index contributed by atoms with van der Waals surface area (Å²) in [6, 6.07) is 13.7. The van der Waals surface area contributed by atoms with E-state index in [2.05, 4.69) is 57.5 Å². The maximum Gasteiger partial charge on any atom is 0.277 e. The molecule has 11 heteroatoms. The van der Waals surface area contributed by atoms with Gasteiger partial charge in [-0.2, -0.15) is 5.10 Å². The number of carbonyl (C=O) groups excluding carboxylic acids is 1. The van der Waals surface area contributed by atoms with E-state index >= 15 is 0 Å². The van der Waals surface area contributed by atoms with E-state index in [1.165, 1.54) is 29.7 Å². The number of amides is 1. The molecule has 1 aliphatic rings. The number of benzene rings is 1. The third kappa shape index (κ3) is 7.50. The van der Waals surface area contributed by atoms with Crippen molar-refractivity contribution in [3.63, 3.8) is 0 Å². The van der Waals surface area contributed by atoms with Gasteiger partial charge in [0.15, 0.2) is 10.8 Å². The second kappa shape index (κ2) is 14.1. The number of allylic oxidation sites excluding steroid dienone is 1. The van der Waals surface area contributed by atoms with Crippen LogP contribution in [0.3, 0.4) is 0 Å². The van der Waals surface area contributed by atoms with Crippen LogP contribution < -0.4 is 10.0 Å². The van der Waals surface area contributed by atoms with Crippen LogP contribution in [0.15, 0.2) is 72.5 Å². The fourth-order valence-corrected chi connectivity index (χ4v) is 5.56. The van der Waals surface area contributed by atoms with Gasteiger partial charge in [0.1, 0.15) is 10.7 Å². The highest BCUT2D eigenvalue weighted by atomic mass is 32.2. The molecule has 0 saturated carbocycles. The van der Waals surface area contributed by atoms with Crippen LogP contribution in [-0.4, -0.2) is 48.5 Å². The SMILES string of the molecule is C=CC.CCC.CN1CCCn2nc(C(=O)Nc3nc4ccc(NSc5cn6ccccc6n5)cc4s3)cc2C1. The Bertz CT molecular complexity index is 1540. The van der Waals surface area contributed by atoms with Crippen LogP contribution in [0.2, 0.25) is 0 Å². The van der Waals surface area contributed by atoms with E-state index in [1.54, 1.807) is 6.08 Å². The number of aromatic nitrogens is 5. The Kier molecular flexibility index (Phi) is 10.3. The Morgan fingerprint density at radius 3 is 2.75 bits per heavy atom. The first kappa shape index (κ1) is 29.3. The molecule has 5 heterocycles. The number of thiazole rings is 1. The Hall–Kier alpha value is -3.67. The third-order valence-corrected chi connectivity index (χ3v) is 7.34. The first-order valence-corrected chi connectivity index (χ1v) is 15.0. The summed E-state index contributed by atoms with van der Waals surface area (Å²) in [7, 11) is 2.09. The lowest BCUT2D eigenvalue weighted by Crippen LogP contribution is -2.17. The summed E-state index contributed by atoms with van der Waals surface area (Å²) in [5, 5.41) is 8.87. The van der Waals surface area contributed by atoms with Crippen LogP contribution >= 0.6 is 23.3 Å². The molecule has 0 spiro atoms. The first-order chi connectivity index (χ1) is 19.4. The smallest absolute Gasteiger partial charge is 0.277 e. The van der Waals surface area contributed by atoms with E-state index in [0.29, 0.717) is 10.8 Å². The number of hydrogen-bond donors (Lipinski definition) is 2. The lowest BCUT2D eigenvalue weighted by atomic mass is 10.3. The summed E-state index contributed by atoms with van der Waals surface area (Å²) >= 11 is 2.90. The summed E-state index contributed by atoms with van der Waals surface area (Å²) in [5.74, 6) is -0.233. The Morgan fingerprint density at radius 2 is 1.98 bits per heavy atom. The summed E-state index contributed by atoms with van der Waals surface area (Å²) in [4.78, 5) is 24.2. The Morgan fingerprint density at radius 1 is 1.18 bits per heavy atom. The molecule has 4 aromatic heterocycles. The van der Waals surface area contributed by atoms with E-state index in [-0.39, 0.29) is 5.91 Å². The molecule has 40 heavy (non-hydrogen) atoms. The van der Waals surface area contributed by atoms with Gasteiger partial charge in [-0.25, -0.2) is 9.97 Å². The minimum Gasteiger partial charge on any atom is -0.324 e. The standard InChI is InChI=1S/C23H22N8OS2.C3H8.C3H6/c1-29-8-4-10-31-16(13-29)12-18(27-31)22(32)26-23-24-17-7-6-15(11-19(17)33-23)28-34-21-14-30-9-3-2-5-20(30)25-21;2*1-3-2/h2-3,5-7,9,11-12,14,28H,4,8,10,13H2,1H3,(H,24,26,32);3H2,1-2H3;3H,1H2,2H3. The van der Waals surface area contributed by atoms with Crippen molar-refractivity contribution in [2.24, 2.45) is 0 Å². The van der Waals surface area contributed by atoms with Gasteiger partial charge < -0.3 is 14.0 Å². The number of pyridine rings is 1. The molecule has 0 unspecified atom stereocenters. The van der Waals surface area contributed by atoms with Gasteiger partial charge in [-0.3, -0.25) is 14.8 Å². The van der Waals surface area contributed by atoms with Gasteiger partial charge in [0, 0.05) is 49.7 Å². The second-order valence-corrected chi connectivity index (χ2v) is 11.2. The summed E-state index contributed by atoms with van der Waals surface area (Å²) in [5.41, 5.74) is 4.18. The molecule has 6 rings (SSSR count). The number of nitrogens with one attached hydrogen (secondary N) is 2. The van der Waals surface area contributed by atoms with Crippen molar-refractivity contribution in [3.05, 3.63) is 78.9 Å². The van der Waals surface area contributed by atoms with Gasteiger partial charge >= 0.3 is 0 Å². The molecule has 0 bridgehead atoms. The maximum atomic E-state index is 12.8. The highest BCUT2D eigenvalue weighted by Gasteiger charge is 2.19. The monoisotopic (exact) mass is 576 g/mol. The summed E-state index contributed by atoms with van der Waals surface area (Å²) in [6.45, 7) is 12.2. The molecule has 0 atom stereocenters. The fourth-order valence-electron chi connectivity index (χ4n) is 4.01. The van der Waals surface area contributed by atoms with Crippen LogP contribution in [0.4, 0.5) is 10.8 Å². The predicted molar refractivity (Wildman–Crippen MR) is 167 cm³/mol. The maximum absolute atomic E-state index is 12.8. The van der Waals surface area contributed by atoms with Crippen LogP contribution in [0.5, 0.6) is 0 Å². The van der Waals surface area contributed by atoms with E-state index < -0.39 is 0 Å². The van der Waals surface area contributed by atoms with E-state index in [0.717, 1.165) is 58.3 Å². The van der Waals surface area contributed by atoms with Crippen LogP contribution in [0.1, 0.15) is 49.8 Å². The van der Waals surface area contributed by atoms with Crippen molar-refractivity contribution in [1.29, 1.82) is 0 Å². The van der Waals surface area contributed by atoms with Crippen molar-refractivity contribution in [2.75, 3.05) is 23.6 Å². The Balaban J connectivity index is 0.000000568. The number of aryl methyl sites for hydroxylation is 1. The third-order valence-electron chi connectivity index (χ3n) is 5.66. The summed E-state index contributed by atoms with van der Waals surface area (Å²) < 4.78 is 8.25. The van der Waals surface area contributed by atoms with Gasteiger partial charge in [-0.05, 0) is 56.8 Å². The van der Waals surface area contributed by atoms with E-state index in [1.807, 2.05) is 70.9 Å². The second-order valence-electron chi connectivity index (χ2n) is 9.36. The molecule has 1 aliphatic heterocycles. The number of fused-ring (bicyclic) bond motifs is 3. The van der Waals surface area contributed by atoms with Gasteiger partial charge in [0.25, 0.3) is 5.91 Å². The van der Waals surface area contributed by atoms with Crippen molar-refractivity contribution in [2.45, 2.75) is 51.7 Å². The average molecular weight is 577 g/mol. The highest BCUT2D eigenvalue weighted by molar-refractivity contribution is 8.00.